The number of hydrogen-bond acceptors (Lipinski definition) is 5. The summed E-state index contributed by atoms with van der Waals surface area (Å²) in [6, 6.07) is 8.08. The van der Waals surface area contributed by atoms with E-state index >= 15 is 0 Å². The molecule has 0 bridgehead atoms. The molecule has 0 aliphatic carbocycles. The summed E-state index contributed by atoms with van der Waals surface area (Å²) >= 11 is 8.82. The molecule has 0 atom stereocenters. The van der Waals surface area contributed by atoms with E-state index in [0.717, 1.165) is 10.6 Å². The van der Waals surface area contributed by atoms with E-state index in [1.165, 1.54) is 35.2 Å². The van der Waals surface area contributed by atoms with Gasteiger partial charge in [-0.25, -0.2) is 19.3 Å². The molecule has 3 nitrogen and oxygen atoms in total. The van der Waals surface area contributed by atoms with Gasteiger partial charge in [0.05, 0.1) is 16.3 Å². The molecule has 0 saturated heterocycles. The standard InChI is InChI=1S/C14H9ClFN3S2/c1-20-14-17-6-5-10(18-14)12-11(19-13(15)21-12)8-3-2-4-9(16)7-8/h2-7H,1H3. The van der Waals surface area contributed by atoms with E-state index in [2.05, 4.69) is 15.0 Å². The summed E-state index contributed by atoms with van der Waals surface area (Å²) in [5.74, 6) is -0.310. The number of aromatic nitrogens is 3. The second-order valence-electron chi connectivity index (χ2n) is 4.08. The summed E-state index contributed by atoms with van der Waals surface area (Å²) in [6.07, 6.45) is 3.60. The van der Waals surface area contributed by atoms with E-state index in [4.69, 9.17) is 11.6 Å². The van der Waals surface area contributed by atoms with Gasteiger partial charge in [-0.15, -0.1) is 11.3 Å². The maximum atomic E-state index is 13.4. The van der Waals surface area contributed by atoms with Gasteiger partial charge in [0, 0.05) is 11.8 Å². The first-order chi connectivity index (χ1) is 10.2. The Kier molecular flexibility index (Phi) is 4.19. The van der Waals surface area contributed by atoms with E-state index in [1.807, 2.05) is 6.26 Å². The molecular weight excluding hydrogens is 329 g/mol. The molecule has 3 aromatic rings. The topological polar surface area (TPSA) is 38.7 Å². The number of thioether (sulfide) groups is 1. The van der Waals surface area contributed by atoms with E-state index in [-0.39, 0.29) is 5.82 Å². The summed E-state index contributed by atoms with van der Waals surface area (Å²) in [7, 11) is 0. The fourth-order valence-corrected chi connectivity index (χ4v) is 3.32. The third-order valence-corrected chi connectivity index (χ3v) is 4.49. The van der Waals surface area contributed by atoms with Crippen LogP contribution in [0.4, 0.5) is 4.39 Å². The zero-order chi connectivity index (χ0) is 14.8. The number of hydrogen-bond donors (Lipinski definition) is 0. The molecule has 0 saturated carbocycles. The monoisotopic (exact) mass is 337 g/mol. The molecule has 106 valence electrons. The van der Waals surface area contributed by atoms with Gasteiger partial charge in [0.2, 0.25) is 0 Å². The highest BCUT2D eigenvalue weighted by Crippen LogP contribution is 2.38. The van der Waals surface area contributed by atoms with Crippen LogP contribution in [0.15, 0.2) is 41.7 Å². The van der Waals surface area contributed by atoms with Crippen LogP contribution in [0.25, 0.3) is 21.8 Å². The predicted molar refractivity (Wildman–Crippen MR) is 85.3 cm³/mol. The van der Waals surface area contributed by atoms with Crippen LogP contribution in [0.1, 0.15) is 0 Å². The highest BCUT2D eigenvalue weighted by atomic mass is 35.5. The van der Waals surface area contributed by atoms with Gasteiger partial charge in [0.25, 0.3) is 0 Å². The van der Waals surface area contributed by atoms with Crippen molar-refractivity contribution < 1.29 is 4.39 Å². The van der Waals surface area contributed by atoms with Crippen LogP contribution in [0.5, 0.6) is 0 Å². The molecule has 7 heteroatoms. The van der Waals surface area contributed by atoms with Crippen LogP contribution in [0.3, 0.4) is 0 Å². The first kappa shape index (κ1) is 14.4. The highest BCUT2D eigenvalue weighted by molar-refractivity contribution is 7.98. The first-order valence-electron chi connectivity index (χ1n) is 5.97. The van der Waals surface area contributed by atoms with Crippen LogP contribution in [0.2, 0.25) is 4.47 Å². The lowest BCUT2D eigenvalue weighted by Gasteiger charge is -2.03. The lowest BCUT2D eigenvalue weighted by Crippen LogP contribution is -1.89. The van der Waals surface area contributed by atoms with Crippen molar-refractivity contribution in [1.29, 1.82) is 0 Å². The molecule has 2 aromatic heterocycles. The lowest BCUT2D eigenvalue weighted by molar-refractivity contribution is 0.628. The van der Waals surface area contributed by atoms with Gasteiger partial charge in [-0.2, -0.15) is 0 Å². The second-order valence-corrected chi connectivity index (χ2v) is 6.44. The molecule has 1 aromatic carbocycles. The number of benzene rings is 1. The number of rotatable bonds is 3. The number of nitrogens with zero attached hydrogens (tertiary/aromatic N) is 3. The maximum absolute atomic E-state index is 13.4. The van der Waals surface area contributed by atoms with Crippen molar-refractivity contribution >= 4 is 34.7 Å². The van der Waals surface area contributed by atoms with Crippen LogP contribution >= 0.6 is 34.7 Å². The van der Waals surface area contributed by atoms with Crippen LogP contribution in [-0.2, 0) is 0 Å². The van der Waals surface area contributed by atoms with E-state index in [9.17, 15) is 4.39 Å². The zero-order valence-corrected chi connectivity index (χ0v) is 13.3. The van der Waals surface area contributed by atoms with Crippen LogP contribution in [-0.4, -0.2) is 21.2 Å². The Balaban J connectivity index is 2.15. The average Bonchev–Trinajstić information content (AvgIpc) is 2.89. The van der Waals surface area contributed by atoms with E-state index in [1.54, 1.807) is 24.4 Å². The Morgan fingerprint density at radius 1 is 1.24 bits per heavy atom. The van der Waals surface area contributed by atoms with Crippen molar-refractivity contribution in [2.75, 3.05) is 6.26 Å². The maximum Gasteiger partial charge on any atom is 0.187 e. The minimum atomic E-state index is -0.310. The lowest BCUT2D eigenvalue weighted by atomic mass is 10.1. The van der Waals surface area contributed by atoms with Crippen LogP contribution < -0.4 is 0 Å². The zero-order valence-electron chi connectivity index (χ0n) is 10.9. The van der Waals surface area contributed by atoms with Crippen LogP contribution in [0, 0.1) is 5.82 Å². The normalized spacial score (nSPS) is 10.8. The largest absolute Gasteiger partial charge is 0.231 e. The van der Waals surface area contributed by atoms with Gasteiger partial charge in [-0.1, -0.05) is 35.5 Å². The van der Waals surface area contributed by atoms with Gasteiger partial charge in [-0.05, 0) is 24.5 Å². The average molecular weight is 338 g/mol. The third kappa shape index (κ3) is 3.07. The third-order valence-electron chi connectivity index (χ3n) is 2.75. The summed E-state index contributed by atoms with van der Waals surface area (Å²) < 4.78 is 13.8. The Hall–Kier alpha value is -1.50. The molecule has 2 heterocycles. The molecule has 0 amide bonds. The van der Waals surface area contributed by atoms with Gasteiger partial charge < -0.3 is 0 Å². The van der Waals surface area contributed by atoms with Crippen molar-refractivity contribution in [3.63, 3.8) is 0 Å². The van der Waals surface area contributed by atoms with Gasteiger partial charge >= 0.3 is 0 Å². The SMILES string of the molecule is CSc1nccc(-c2sc(Cl)nc2-c2cccc(F)c2)n1. The first-order valence-corrected chi connectivity index (χ1v) is 8.39. The molecule has 0 aliphatic heterocycles. The Morgan fingerprint density at radius 2 is 2.10 bits per heavy atom. The van der Waals surface area contributed by atoms with Crippen molar-refractivity contribution in [2.24, 2.45) is 0 Å². The smallest absolute Gasteiger partial charge is 0.187 e. The molecule has 21 heavy (non-hydrogen) atoms. The summed E-state index contributed by atoms with van der Waals surface area (Å²) in [6.45, 7) is 0. The van der Waals surface area contributed by atoms with Gasteiger partial charge in [0.1, 0.15) is 5.82 Å². The van der Waals surface area contributed by atoms with Crippen molar-refractivity contribution in [2.45, 2.75) is 5.16 Å². The summed E-state index contributed by atoms with van der Waals surface area (Å²) in [4.78, 5) is 13.7. The summed E-state index contributed by atoms with van der Waals surface area (Å²) in [5, 5.41) is 0.669. The van der Waals surface area contributed by atoms with E-state index < -0.39 is 0 Å². The minimum Gasteiger partial charge on any atom is -0.231 e. The van der Waals surface area contributed by atoms with Gasteiger partial charge in [0.15, 0.2) is 9.62 Å². The Morgan fingerprint density at radius 3 is 2.86 bits per heavy atom. The van der Waals surface area contributed by atoms with Crippen molar-refractivity contribution in [3.05, 3.63) is 46.8 Å². The fraction of sp³-hybridized carbons (Fsp3) is 0.0714. The van der Waals surface area contributed by atoms with E-state index in [0.29, 0.717) is 20.9 Å². The quantitative estimate of drug-likeness (QED) is 0.509. The number of thiazole rings is 1. The molecule has 0 spiro atoms. The Bertz CT molecular complexity index is 791. The van der Waals surface area contributed by atoms with Crippen molar-refractivity contribution in [3.8, 4) is 21.8 Å². The Labute approximate surface area is 134 Å². The molecular formula is C14H9ClFN3S2. The van der Waals surface area contributed by atoms with Gasteiger partial charge in [-0.3, -0.25) is 0 Å². The molecule has 0 unspecified atom stereocenters. The fourth-order valence-electron chi connectivity index (χ4n) is 1.86. The summed E-state index contributed by atoms with van der Waals surface area (Å²) in [5.41, 5.74) is 2.05. The predicted octanol–water partition coefficient (Wildman–Crippen LogP) is 4.78. The molecule has 0 fully saturated rings. The molecule has 3 rings (SSSR count). The number of halogens is 2. The molecule has 0 radical (unpaired) electrons. The van der Waals surface area contributed by atoms with Crippen molar-refractivity contribution in [1.82, 2.24) is 15.0 Å². The minimum absolute atomic E-state index is 0.310. The molecule has 0 N–H and O–H groups in total. The molecule has 0 aliphatic rings. The highest BCUT2D eigenvalue weighted by Gasteiger charge is 2.16. The second kappa shape index (κ2) is 6.09.